The van der Waals surface area contributed by atoms with Crippen LogP contribution in [0.3, 0.4) is 0 Å². The standard InChI is InChI=1S/C20H23NO4/c1-12-7-14(8-13(2)20(12)25-6-5-22)17-10-15-9-16(23-3)11-18(24-4)19(15)21-17/h7-11,21-22H,5-6H2,1-4H3. The first-order valence-electron chi connectivity index (χ1n) is 8.17. The molecule has 0 spiro atoms. The number of aromatic nitrogens is 1. The Morgan fingerprint density at radius 2 is 1.68 bits per heavy atom. The molecule has 0 amide bonds. The molecule has 2 aromatic carbocycles. The molecule has 0 saturated carbocycles. The number of fused-ring (bicyclic) bond motifs is 1. The second-order valence-corrected chi connectivity index (χ2v) is 5.99. The van der Waals surface area contributed by atoms with Crippen LogP contribution in [-0.4, -0.2) is 37.5 Å². The van der Waals surface area contributed by atoms with Crippen LogP contribution in [0.15, 0.2) is 30.3 Å². The van der Waals surface area contributed by atoms with Gasteiger partial charge in [-0.15, -0.1) is 0 Å². The highest BCUT2D eigenvalue weighted by Gasteiger charge is 2.13. The summed E-state index contributed by atoms with van der Waals surface area (Å²) in [4.78, 5) is 3.44. The molecule has 3 aromatic rings. The lowest BCUT2D eigenvalue weighted by Gasteiger charge is -2.13. The van der Waals surface area contributed by atoms with Crippen molar-refractivity contribution in [2.45, 2.75) is 13.8 Å². The molecule has 0 radical (unpaired) electrons. The Bertz CT molecular complexity index is 875. The average molecular weight is 341 g/mol. The summed E-state index contributed by atoms with van der Waals surface area (Å²) in [5.41, 5.74) is 5.08. The van der Waals surface area contributed by atoms with E-state index in [1.165, 1.54) is 0 Å². The van der Waals surface area contributed by atoms with E-state index >= 15 is 0 Å². The van der Waals surface area contributed by atoms with Gasteiger partial charge in [0.05, 0.1) is 26.3 Å². The lowest BCUT2D eigenvalue weighted by molar-refractivity contribution is 0.200. The lowest BCUT2D eigenvalue weighted by atomic mass is 10.0. The van der Waals surface area contributed by atoms with Gasteiger partial charge in [-0.1, -0.05) is 0 Å². The molecular weight excluding hydrogens is 318 g/mol. The van der Waals surface area contributed by atoms with E-state index in [1.54, 1.807) is 14.2 Å². The molecule has 132 valence electrons. The molecule has 0 aliphatic carbocycles. The lowest BCUT2D eigenvalue weighted by Crippen LogP contribution is -2.04. The van der Waals surface area contributed by atoms with Crippen LogP contribution in [-0.2, 0) is 0 Å². The van der Waals surface area contributed by atoms with Gasteiger partial charge in [0.2, 0.25) is 0 Å². The number of rotatable bonds is 6. The zero-order valence-corrected chi connectivity index (χ0v) is 15.0. The second-order valence-electron chi connectivity index (χ2n) is 5.99. The van der Waals surface area contributed by atoms with Crippen molar-refractivity contribution in [1.29, 1.82) is 0 Å². The normalized spacial score (nSPS) is 10.9. The largest absolute Gasteiger partial charge is 0.497 e. The van der Waals surface area contributed by atoms with E-state index in [9.17, 15) is 0 Å². The molecule has 1 aromatic heterocycles. The van der Waals surface area contributed by atoms with Gasteiger partial charge in [-0.2, -0.15) is 0 Å². The predicted molar refractivity (Wildman–Crippen MR) is 98.9 cm³/mol. The Kier molecular flexibility index (Phi) is 4.86. The zero-order valence-electron chi connectivity index (χ0n) is 15.0. The monoisotopic (exact) mass is 341 g/mol. The fourth-order valence-electron chi connectivity index (χ4n) is 3.10. The van der Waals surface area contributed by atoms with Crippen LogP contribution >= 0.6 is 0 Å². The van der Waals surface area contributed by atoms with Gasteiger partial charge in [0.15, 0.2) is 0 Å². The van der Waals surface area contributed by atoms with Gasteiger partial charge in [-0.25, -0.2) is 0 Å². The molecular formula is C20H23NO4. The van der Waals surface area contributed by atoms with E-state index in [1.807, 2.05) is 26.0 Å². The number of aliphatic hydroxyl groups excluding tert-OH is 1. The topological polar surface area (TPSA) is 63.7 Å². The van der Waals surface area contributed by atoms with Crippen molar-refractivity contribution < 1.29 is 19.3 Å². The Labute approximate surface area is 147 Å². The van der Waals surface area contributed by atoms with Crippen LogP contribution in [0, 0.1) is 13.8 Å². The second kappa shape index (κ2) is 7.07. The number of methoxy groups -OCH3 is 2. The van der Waals surface area contributed by atoms with Gasteiger partial charge in [0, 0.05) is 17.1 Å². The molecule has 0 atom stereocenters. The predicted octanol–water partition coefficient (Wildman–Crippen LogP) is 3.84. The number of aliphatic hydroxyl groups is 1. The van der Waals surface area contributed by atoms with Gasteiger partial charge in [0.25, 0.3) is 0 Å². The highest BCUT2D eigenvalue weighted by molar-refractivity contribution is 5.91. The SMILES string of the molecule is COc1cc(OC)c2[nH]c(-c3cc(C)c(OCCO)c(C)c3)cc2c1. The minimum atomic E-state index is 0.00424. The number of hydrogen-bond acceptors (Lipinski definition) is 4. The molecule has 3 rings (SSSR count). The smallest absolute Gasteiger partial charge is 0.146 e. The highest BCUT2D eigenvalue weighted by Crippen LogP contribution is 2.36. The van der Waals surface area contributed by atoms with Crippen molar-refractivity contribution >= 4 is 10.9 Å². The van der Waals surface area contributed by atoms with Crippen molar-refractivity contribution in [1.82, 2.24) is 4.98 Å². The van der Waals surface area contributed by atoms with E-state index in [-0.39, 0.29) is 6.61 Å². The first-order valence-corrected chi connectivity index (χ1v) is 8.17. The minimum absolute atomic E-state index is 0.00424. The molecule has 25 heavy (non-hydrogen) atoms. The minimum Gasteiger partial charge on any atom is -0.497 e. The summed E-state index contributed by atoms with van der Waals surface area (Å²) in [7, 11) is 3.29. The van der Waals surface area contributed by atoms with E-state index in [0.29, 0.717) is 6.61 Å². The van der Waals surface area contributed by atoms with Crippen LogP contribution < -0.4 is 14.2 Å². The molecule has 2 N–H and O–H groups in total. The number of H-pyrrole nitrogens is 1. The number of nitrogens with one attached hydrogen (secondary N) is 1. The molecule has 0 unspecified atom stereocenters. The third kappa shape index (κ3) is 3.28. The van der Waals surface area contributed by atoms with Crippen LogP contribution in [0.1, 0.15) is 11.1 Å². The number of benzene rings is 2. The molecule has 0 aliphatic heterocycles. The summed E-state index contributed by atoms with van der Waals surface area (Å²) in [6.45, 7) is 4.32. The Morgan fingerprint density at radius 3 is 2.28 bits per heavy atom. The van der Waals surface area contributed by atoms with Gasteiger partial charge in [0.1, 0.15) is 23.9 Å². The number of aromatic amines is 1. The average Bonchev–Trinajstić information content (AvgIpc) is 3.04. The Morgan fingerprint density at radius 1 is 0.960 bits per heavy atom. The molecule has 0 saturated heterocycles. The van der Waals surface area contributed by atoms with Gasteiger partial charge < -0.3 is 24.3 Å². The third-order valence-corrected chi connectivity index (χ3v) is 4.23. The Balaban J connectivity index is 2.07. The molecule has 5 nitrogen and oxygen atoms in total. The van der Waals surface area contributed by atoms with Gasteiger partial charge in [-0.05, 0) is 54.8 Å². The van der Waals surface area contributed by atoms with Crippen LogP contribution in [0.5, 0.6) is 17.2 Å². The maximum Gasteiger partial charge on any atom is 0.146 e. The summed E-state index contributed by atoms with van der Waals surface area (Å²) in [6.07, 6.45) is 0. The zero-order chi connectivity index (χ0) is 18.0. The van der Waals surface area contributed by atoms with Crippen molar-refractivity contribution in [3.05, 3.63) is 41.5 Å². The number of aryl methyl sites for hydroxylation is 2. The van der Waals surface area contributed by atoms with E-state index in [4.69, 9.17) is 19.3 Å². The summed E-state index contributed by atoms with van der Waals surface area (Å²) in [6, 6.07) is 10.1. The van der Waals surface area contributed by atoms with Crippen molar-refractivity contribution in [3.63, 3.8) is 0 Å². The van der Waals surface area contributed by atoms with Crippen LogP contribution in [0.4, 0.5) is 0 Å². The van der Waals surface area contributed by atoms with E-state index in [0.717, 1.165) is 50.5 Å². The first-order chi connectivity index (χ1) is 12.1. The Hall–Kier alpha value is -2.66. The fourth-order valence-corrected chi connectivity index (χ4v) is 3.10. The number of ether oxygens (including phenoxy) is 3. The highest BCUT2D eigenvalue weighted by atomic mass is 16.5. The van der Waals surface area contributed by atoms with Crippen molar-refractivity contribution in [2.75, 3.05) is 27.4 Å². The summed E-state index contributed by atoms with van der Waals surface area (Å²) in [5.74, 6) is 2.33. The van der Waals surface area contributed by atoms with E-state index < -0.39 is 0 Å². The summed E-state index contributed by atoms with van der Waals surface area (Å²) < 4.78 is 16.5. The third-order valence-electron chi connectivity index (χ3n) is 4.23. The summed E-state index contributed by atoms with van der Waals surface area (Å²) in [5, 5.41) is 9.99. The maximum atomic E-state index is 8.96. The van der Waals surface area contributed by atoms with Crippen molar-refractivity contribution in [3.8, 4) is 28.5 Å². The van der Waals surface area contributed by atoms with E-state index in [2.05, 4.69) is 23.2 Å². The van der Waals surface area contributed by atoms with Gasteiger partial charge >= 0.3 is 0 Å². The molecule has 1 heterocycles. The number of hydrogen-bond donors (Lipinski definition) is 2. The molecule has 5 heteroatoms. The molecule has 0 aliphatic rings. The summed E-state index contributed by atoms with van der Waals surface area (Å²) >= 11 is 0. The quantitative estimate of drug-likeness (QED) is 0.715. The van der Waals surface area contributed by atoms with Crippen LogP contribution in [0.25, 0.3) is 22.2 Å². The fraction of sp³-hybridized carbons (Fsp3) is 0.300. The van der Waals surface area contributed by atoms with Gasteiger partial charge in [-0.3, -0.25) is 0 Å². The first kappa shape index (κ1) is 17.2. The molecule has 0 fully saturated rings. The van der Waals surface area contributed by atoms with Crippen LogP contribution in [0.2, 0.25) is 0 Å². The molecule has 0 bridgehead atoms. The van der Waals surface area contributed by atoms with Crippen molar-refractivity contribution in [2.24, 2.45) is 0 Å². The maximum absolute atomic E-state index is 8.96.